The summed E-state index contributed by atoms with van der Waals surface area (Å²) in [7, 11) is 0. The zero-order valence-corrected chi connectivity index (χ0v) is 13.7. The lowest BCUT2D eigenvalue weighted by Crippen LogP contribution is -2.28. The number of hydrogen-bond acceptors (Lipinski definition) is 1. The summed E-state index contributed by atoms with van der Waals surface area (Å²) < 4.78 is 0. The van der Waals surface area contributed by atoms with Gasteiger partial charge in [0.2, 0.25) is 0 Å². The van der Waals surface area contributed by atoms with Gasteiger partial charge in [-0.15, -0.1) is 0 Å². The average molecular weight is 273 g/mol. The van der Waals surface area contributed by atoms with E-state index in [1.54, 1.807) is 0 Å². The van der Waals surface area contributed by atoms with Crippen LogP contribution in [-0.2, 0) is 6.42 Å². The molecule has 0 radical (unpaired) electrons. The van der Waals surface area contributed by atoms with Crippen LogP contribution >= 0.6 is 0 Å². The highest BCUT2D eigenvalue weighted by atomic mass is 14.9. The molecule has 0 spiro atoms. The Bertz CT molecular complexity index is 389. The highest BCUT2D eigenvalue weighted by molar-refractivity contribution is 5.26. The third-order valence-electron chi connectivity index (χ3n) is 4.49. The highest BCUT2D eigenvalue weighted by Gasteiger charge is 2.33. The Balaban J connectivity index is 2.06. The molecule has 1 aromatic rings. The van der Waals surface area contributed by atoms with Gasteiger partial charge in [0.15, 0.2) is 0 Å². The molecule has 2 rings (SSSR count). The van der Waals surface area contributed by atoms with Crippen LogP contribution in [0.1, 0.15) is 64.1 Å². The van der Waals surface area contributed by atoms with E-state index < -0.39 is 0 Å². The van der Waals surface area contributed by atoms with Gasteiger partial charge in [0.05, 0.1) is 0 Å². The van der Waals surface area contributed by atoms with E-state index in [0.717, 1.165) is 24.3 Å². The summed E-state index contributed by atoms with van der Waals surface area (Å²) in [5, 5.41) is 3.77. The molecule has 1 nitrogen and oxygen atoms in total. The SMILES string of the molecule is CCCNC(c1ccc(CC(C)C)cc1)C(C)C1CC1. The molecule has 1 aliphatic carbocycles. The Hall–Kier alpha value is -0.820. The highest BCUT2D eigenvalue weighted by Crippen LogP contribution is 2.42. The summed E-state index contributed by atoms with van der Waals surface area (Å²) in [6.07, 6.45) is 5.25. The first-order valence-electron chi connectivity index (χ1n) is 8.44. The van der Waals surface area contributed by atoms with Gasteiger partial charge in [0.1, 0.15) is 0 Å². The molecule has 0 aliphatic heterocycles. The Kier molecular flexibility index (Phi) is 5.65. The fraction of sp³-hybridized carbons (Fsp3) is 0.684. The second-order valence-electron chi connectivity index (χ2n) is 6.97. The van der Waals surface area contributed by atoms with Crippen molar-refractivity contribution in [3.05, 3.63) is 35.4 Å². The van der Waals surface area contributed by atoms with Crippen molar-refractivity contribution in [2.24, 2.45) is 17.8 Å². The Morgan fingerprint density at radius 2 is 1.75 bits per heavy atom. The van der Waals surface area contributed by atoms with Gasteiger partial charge in [-0.3, -0.25) is 0 Å². The third-order valence-corrected chi connectivity index (χ3v) is 4.49. The standard InChI is InChI=1S/C19H31N/c1-5-12-20-19(15(4)17-10-11-17)18-8-6-16(7-9-18)13-14(2)3/h6-9,14-15,17,19-20H,5,10-13H2,1-4H3. The topological polar surface area (TPSA) is 12.0 Å². The number of benzene rings is 1. The summed E-state index contributed by atoms with van der Waals surface area (Å²) in [5.41, 5.74) is 2.95. The fourth-order valence-electron chi connectivity index (χ4n) is 3.13. The lowest BCUT2D eigenvalue weighted by molar-refractivity contribution is 0.350. The molecule has 0 heterocycles. The second-order valence-corrected chi connectivity index (χ2v) is 6.97. The fourth-order valence-corrected chi connectivity index (χ4v) is 3.13. The van der Waals surface area contributed by atoms with Crippen LogP contribution in [0.3, 0.4) is 0 Å². The van der Waals surface area contributed by atoms with Crippen molar-refractivity contribution in [2.75, 3.05) is 6.54 Å². The second kappa shape index (κ2) is 7.26. The van der Waals surface area contributed by atoms with E-state index in [1.807, 2.05) is 0 Å². The van der Waals surface area contributed by atoms with Crippen LogP contribution in [0.4, 0.5) is 0 Å². The molecule has 112 valence electrons. The molecule has 1 aliphatic rings. The lowest BCUT2D eigenvalue weighted by atomic mass is 9.89. The van der Waals surface area contributed by atoms with Crippen LogP contribution in [-0.4, -0.2) is 6.54 Å². The van der Waals surface area contributed by atoms with Gasteiger partial charge in [-0.05, 0) is 61.1 Å². The van der Waals surface area contributed by atoms with Crippen molar-refractivity contribution in [1.82, 2.24) is 5.32 Å². The molecule has 1 N–H and O–H groups in total. The van der Waals surface area contributed by atoms with Gasteiger partial charge >= 0.3 is 0 Å². The maximum atomic E-state index is 3.77. The van der Waals surface area contributed by atoms with Crippen molar-refractivity contribution in [1.29, 1.82) is 0 Å². The Morgan fingerprint density at radius 1 is 1.10 bits per heavy atom. The molecule has 1 fully saturated rings. The summed E-state index contributed by atoms with van der Waals surface area (Å²) in [5.74, 6) is 2.44. The van der Waals surface area contributed by atoms with E-state index in [2.05, 4.69) is 57.3 Å². The van der Waals surface area contributed by atoms with Crippen LogP contribution in [0.25, 0.3) is 0 Å². The average Bonchev–Trinajstić information content (AvgIpc) is 3.24. The van der Waals surface area contributed by atoms with E-state index in [9.17, 15) is 0 Å². The Labute approximate surface area is 125 Å². The molecule has 20 heavy (non-hydrogen) atoms. The zero-order valence-electron chi connectivity index (χ0n) is 13.7. The van der Waals surface area contributed by atoms with Crippen molar-refractivity contribution in [2.45, 2.75) is 59.4 Å². The molecule has 0 saturated heterocycles. The molecule has 2 unspecified atom stereocenters. The normalized spacial score (nSPS) is 18.2. The van der Waals surface area contributed by atoms with E-state index in [1.165, 1.54) is 36.8 Å². The zero-order chi connectivity index (χ0) is 14.5. The van der Waals surface area contributed by atoms with Crippen molar-refractivity contribution < 1.29 is 0 Å². The first-order chi connectivity index (χ1) is 9.61. The Morgan fingerprint density at radius 3 is 2.25 bits per heavy atom. The predicted octanol–water partition coefficient (Wildman–Crippen LogP) is 4.97. The smallest absolute Gasteiger partial charge is 0.0348 e. The van der Waals surface area contributed by atoms with E-state index >= 15 is 0 Å². The number of nitrogens with one attached hydrogen (secondary N) is 1. The monoisotopic (exact) mass is 273 g/mol. The minimum atomic E-state index is 0.538. The number of hydrogen-bond donors (Lipinski definition) is 1. The molecule has 1 saturated carbocycles. The predicted molar refractivity (Wildman–Crippen MR) is 87.9 cm³/mol. The van der Waals surface area contributed by atoms with E-state index in [0.29, 0.717) is 6.04 Å². The summed E-state index contributed by atoms with van der Waals surface area (Å²) >= 11 is 0. The molecule has 0 aromatic heterocycles. The molecule has 2 atom stereocenters. The molecule has 1 aromatic carbocycles. The van der Waals surface area contributed by atoms with Gasteiger partial charge in [-0.2, -0.15) is 0 Å². The van der Waals surface area contributed by atoms with Crippen LogP contribution in [0.2, 0.25) is 0 Å². The van der Waals surface area contributed by atoms with E-state index in [4.69, 9.17) is 0 Å². The molecular weight excluding hydrogens is 242 g/mol. The van der Waals surface area contributed by atoms with Gasteiger partial charge in [-0.25, -0.2) is 0 Å². The third kappa shape index (κ3) is 4.34. The molecular formula is C19H31N. The quantitative estimate of drug-likeness (QED) is 0.705. The molecule has 0 bridgehead atoms. The molecule has 0 amide bonds. The van der Waals surface area contributed by atoms with Crippen LogP contribution < -0.4 is 5.32 Å². The van der Waals surface area contributed by atoms with Gasteiger partial charge in [-0.1, -0.05) is 52.0 Å². The largest absolute Gasteiger partial charge is 0.310 e. The first-order valence-corrected chi connectivity index (χ1v) is 8.44. The minimum absolute atomic E-state index is 0.538. The minimum Gasteiger partial charge on any atom is -0.310 e. The van der Waals surface area contributed by atoms with Gasteiger partial charge in [0, 0.05) is 6.04 Å². The first kappa shape index (κ1) is 15.6. The van der Waals surface area contributed by atoms with E-state index in [-0.39, 0.29) is 0 Å². The van der Waals surface area contributed by atoms with Crippen LogP contribution in [0.5, 0.6) is 0 Å². The van der Waals surface area contributed by atoms with Crippen molar-refractivity contribution >= 4 is 0 Å². The maximum Gasteiger partial charge on any atom is 0.0348 e. The maximum absolute atomic E-state index is 3.77. The summed E-state index contributed by atoms with van der Waals surface area (Å²) in [6, 6.07) is 9.90. The summed E-state index contributed by atoms with van der Waals surface area (Å²) in [4.78, 5) is 0. The van der Waals surface area contributed by atoms with Crippen molar-refractivity contribution in [3.8, 4) is 0 Å². The molecule has 1 heteroatoms. The van der Waals surface area contributed by atoms with Crippen LogP contribution in [0.15, 0.2) is 24.3 Å². The summed E-state index contributed by atoms with van der Waals surface area (Å²) in [6.45, 7) is 10.4. The van der Waals surface area contributed by atoms with Gasteiger partial charge < -0.3 is 5.32 Å². The van der Waals surface area contributed by atoms with Crippen molar-refractivity contribution in [3.63, 3.8) is 0 Å². The number of rotatable bonds is 8. The van der Waals surface area contributed by atoms with Crippen LogP contribution in [0, 0.1) is 17.8 Å². The van der Waals surface area contributed by atoms with Gasteiger partial charge in [0.25, 0.3) is 0 Å². The lowest BCUT2D eigenvalue weighted by Gasteiger charge is -2.26.